The third-order valence-electron chi connectivity index (χ3n) is 2.41. The third kappa shape index (κ3) is 2.44. The van der Waals surface area contributed by atoms with E-state index in [9.17, 15) is 9.36 Å². The highest BCUT2D eigenvalue weighted by molar-refractivity contribution is 7.54. The molecular weight excluding hydrogens is 203 g/mol. The second-order valence-corrected chi connectivity index (χ2v) is 5.72. The second-order valence-electron chi connectivity index (χ2n) is 3.40. The van der Waals surface area contributed by atoms with Crippen LogP contribution in [0.25, 0.3) is 0 Å². The summed E-state index contributed by atoms with van der Waals surface area (Å²) in [6.07, 6.45) is 2.19. The van der Waals surface area contributed by atoms with Gasteiger partial charge in [0.15, 0.2) is 0 Å². The van der Waals surface area contributed by atoms with Crippen LogP contribution in [0, 0.1) is 5.92 Å². The smallest absolute Gasteiger partial charge is 0.309 e. The zero-order valence-electron chi connectivity index (χ0n) is 8.64. The third-order valence-corrected chi connectivity index (χ3v) is 4.96. The van der Waals surface area contributed by atoms with E-state index in [4.69, 9.17) is 9.05 Å². The van der Waals surface area contributed by atoms with Gasteiger partial charge in [-0.05, 0) is 26.7 Å². The van der Waals surface area contributed by atoms with E-state index < -0.39 is 7.60 Å². The van der Waals surface area contributed by atoms with Crippen LogP contribution >= 0.6 is 7.60 Å². The van der Waals surface area contributed by atoms with Gasteiger partial charge in [-0.2, -0.15) is 0 Å². The molecule has 0 aromatic heterocycles. The molecule has 4 nitrogen and oxygen atoms in total. The molecule has 5 heteroatoms. The van der Waals surface area contributed by atoms with Crippen LogP contribution < -0.4 is 0 Å². The minimum absolute atomic E-state index is 0.0502. The number of carbonyl (C=O) groups is 1. The average molecular weight is 220 g/mol. The van der Waals surface area contributed by atoms with Crippen LogP contribution in [0.3, 0.4) is 0 Å². The highest BCUT2D eigenvalue weighted by atomic mass is 31.2. The van der Waals surface area contributed by atoms with Gasteiger partial charge in [0.25, 0.3) is 0 Å². The van der Waals surface area contributed by atoms with Crippen molar-refractivity contribution in [2.24, 2.45) is 5.92 Å². The molecule has 1 aliphatic rings. The zero-order chi connectivity index (χ0) is 10.6. The molecule has 0 atom stereocenters. The van der Waals surface area contributed by atoms with Crippen LogP contribution in [-0.2, 0) is 18.4 Å². The monoisotopic (exact) mass is 220 g/mol. The maximum absolute atomic E-state index is 12.1. The van der Waals surface area contributed by atoms with Gasteiger partial charge in [0.2, 0.25) is 0 Å². The van der Waals surface area contributed by atoms with Crippen LogP contribution in [0.1, 0.15) is 26.7 Å². The van der Waals surface area contributed by atoms with Crippen LogP contribution in [0.2, 0.25) is 0 Å². The average Bonchev–Trinajstić information content (AvgIpc) is 2.02. The van der Waals surface area contributed by atoms with Gasteiger partial charge in [-0.15, -0.1) is 0 Å². The molecule has 0 heterocycles. The Hall–Kier alpha value is -0.180. The lowest BCUT2D eigenvalue weighted by Crippen LogP contribution is -2.31. The normalized spacial score (nSPS) is 27.0. The van der Waals surface area contributed by atoms with Crippen LogP contribution in [0.4, 0.5) is 0 Å². The Balaban J connectivity index is 2.52. The SMILES string of the molecule is CCOP(=O)(OCC)C1CC(C=O)C1. The van der Waals surface area contributed by atoms with Gasteiger partial charge in [-0.1, -0.05) is 0 Å². The van der Waals surface area contributed by atoms with E-state index in [0.717, 1.165) is 6.29 Å². The Morgan fingerprint density at radius 2 is 1.79 bits per heavy atom. The fourth-order valence-electron chi connectivity index (χ4n) is 1.61. The molecule has 0 unspecified atom stereocenters. The topological polar surface area (TPSA) is 52.6 Å². The standard InChI is InChI=1S/C9H17O4P/c1-3-12-14(11,13-4-2)9-5-8(6-9)7-10/h7-9H,3-6H2,1-2H3. The highest BCUT2D eigenvalue weighted by Gasteiger charge is 2.44. The van der Waals surface area contributed by atoms with E-state index >= 15 is 0 Å². The lowest BCUT2D eigenvalue weighted by molar-refractivity contribution is -0.113. The maximum atomic E-state index is 12.1. The van der Waals surface area contributed by atoms with Gasteiger partial charge >= 0.3 is 7.60 Å². The molecule has 0 aromatic rings. The van der Waals surface area contributed by atoms with Crippen molar-refractivity contribution in [2.75, 3.05) is 13.2 Å². The van der Waals surface area contributed by atoms with Crippen molar-refractivity contribution in [3.63, 3.8) is 0 Å². The lowest BCUT2D eigenvalue weighted by atomic mass is 9.86. The largest absolute Gasteiger partial charge is 0.333 e. The van der Waals surface area contributed by atoms with Crippen LogP contribution in [-0.4, -0.2) is 25.2 Å². The summed E-state index contributed by atoms with van der Waals surface area (Å²) in [4.78, 5) is 10.4. The minimum Gasteiger partial charge on any atom is -0.309 e. The van der Waals surface area contributed by atoms with Crippen molar-refractivity contribution >= 4 is 13.9 Å². The van der Waals surface area contributed by atoms with E-state index in [1.54, 1.807) is 13.8 Å². The first-order valence-corrected chi connectivity index (χ1v) is 6.61. The quantitative estimate of drug-likeness (QED) is 0.508. The number of hydrogen-bond acceptors (Lipinski definition) is 4. The van der Waals surface area contributed by atoms with Gasteiger partial charge in [0.1, 0.15) is 6.29 Å². The van der Waals surface area contributed by atoms with E-state index in [2.05, 4.69) is 0 Å². The predicted molar refractivity (Wildman–Crippen MR) is 53.4 cm³/mol. The molecule has 0 radical (unpaired) electrons. The fourth-order valence-corrected chi connectivity index (χ4v) is 3.88. The molecule has 0 aliphatic heterocycles. The maximum Gasteiger partial charge on any atom is 0.333 e. The summed E-state index contributed by atoms with van der Waals surface area (Å²) < 4.78 is 22.5. The number of aldehydes is 1. The molecular formula is C9H17O4P. The molecule has 0 N–H and O–H groups in total. The minimum atomic E-state index is -2.93. The molecule has 1 rings (SSSR count). The Morgan fingerprint density at radius 1 is 1.29 bits per heavy atom. The van der Waals surface area contributed by atoms with Gasteiger partial charge in [-0.25, -0.2) is 0 Å². The van der Waals surface area contributed by atoms with Gasteiger partial charge in [0, 0.05) is 5.92 Å². The van der Waals surface area contributed by atoms with Gasteiger partial charge in [0.05, 0.1) is 18.9 Å². The molecule has 82 valence electrons. The van der Waals surface area contributed by atoms with E-state index in [1.165, 1.54) is 0 Å². The molecule has 0 spiro atoms. The van der Waals surface area contributed by atoms with Crippen molar-refractivity contribution in [1.29, 1.82) is 0 Å². The number of rotatable bonds is 6. The first-order chi connectivity index (χ1) is 6.66. The van der Waals surface area contributed by atoms with Crippen molar-refractivity contribution in [3.05, 3.63) is 0 Å². The summed E-state index contributed by atoms with van der Waals surface area (Å²) in [5, 5.41) is 0. The molecule has 0 saturated heterocycles. The summed E-state index contributed by atoms with van der Waals surface area (Å²) in [5.41, 5.74) is -0.0717. The molecule has 1 aliphatic carbocycles. The van der Waals surface area contributed by atoms with Gasteiger partial charge in [-0.3, -0.25) is 4.57 Å². The summed E-state index contributed by atoms with van der Waals surface area (Å²) in [5.74, 6) is 0.0502. The van der Waals surface area contributed by atoms with E-state index in [0.29, 0.717) is 26.1 Å². The van der Waals surface area contributed by atoms with E-state index in [1.807, 2.05) is 0 Å². The van der Waals surface area contributed by atoms with Crippen molar-refractivity contribution in [1.82, 2.24) is 0 Å². The molecule has 0 bridgehead atoms. The number of hydrogen-bond donors (Lipinski definition) is 0. The van der Waals surface area contributed by atoms with Crippen LogP contribution in [0.5, 0.6) is 0 Å². The Morgan fingerprint density at radius 3 is 2.14 bits per heavy atom. The second kappa shape index (κ2) is 5.06. The summed E-state index contributed by atoms with van der Waals surface area (Å²) in [6, 6.07) is 0. The summed E-state index contributed by atoms with van der Waals surface area (Å²) in [6.45, 7) is 4.36. The molecule has 1 fully saturated rings. The molecule has 0 aromatic carbocycles. The predicted octanol–water partition coefficient (Wildman–Crippen LogP) is 2.23. The fraction of sp³-hybridized carbons (Fsp3) is 0.889. The van der Waals surface area contributed by atoms with Crippen molar-refractivity contribution < 1.29 is 18.4 Å². The summed E-state index contributed by atoms with van der Waals surface area (Å²) >= 11 is 0. The van der Waals surface area contributed by atoms with E-state index in [-0.39, 0.29) is 11.6 Å². The highest BCUT2D eigenvalue weighted by Crippen LogP contribution is 2.60. The Bertz CT molecular complexity index is 225. The first-order valence-electron chi connectivity index (χ1n) is 5.00. The van der Waals surface area contributed by atoms with Crippen LogP contribution in [0.15, 0.2) is 0 Å². The number of carbonyl (C=O) groups excluding carboxylic acids is 1. The Labute approximate surface area is 84.5 Å². The molecule has 14 heavy (non-hydrogen) atoms. The van der Waals surface area contributed by atoms with Crippen molar-refractivity contribution in [2.45, 2.75) is 32.3 Å². The molecule has 1 saturated carbocycles. The van der Waals surface area contributed by atoms with Gasteiger partial charge < -0.3 is 13.8 Å². The summed E-state index contributed by atoms with van der Waals surface area (Å²) in [7, 11) is -2.93. The molecule has 0 amide bonds. The van der Waals surface area contributed by atoms with Crippen molar-refractivity contribution in [3.8, 4) is 0 Å². The zero-order valence-corrected chi connectivity index (χ0v) is 9.54. The first kappa shape index (κ1) is 11.9. The Kier molecular flexibility index (Phi) is 4.30. The lowest BCUT2D eigenvalue weighted by Gasteiger charge is -2.35.